The van der Waals surface area contributed by atoms with Gasteiger partial charge in [0.05, 0.1) is 5.75 Å². The number of amides is 3. The average molecular weight is 464 g/mol. The molecule has 1 fully saturated rings. The first-order valence-electron chi connectivity index (χ1n) is 10.3. The van der Waals surface area contributed by atoms with E-state index < -0.39 is 27.9 Å². The molecule has 10 heteroatoms. The quantitative estimate of drug-likeness (QED) is 0.393. The van der Waals surface area contributed by atoms with Gasteiger partial charge in [-0.1, -0.05) is 30.7 Å². The van der Waals surface area contributed by atoms with E-state index in [1.54, 1.807) is 31.2 Å². The molecular formula is C22H26FN3O5S. The molecule has 0 bridgehead atoms. The molecule has 0 saturated carbocycles. The van der Waals surface area contributed by atoms with Crippen molar-refractivity contribution in [2.75, 3.05) is 18.8 Å². The largest absolute Gasteiger partial charge is 0.454 e. The fraction of sp³-hybridized carbons (Fsp3) is 0.364. The van der Waals surface area contributed by atoms with Gasteiger partial charge >= 0.3 is 6.03 Å². The second kappa shape index (κ2) is 10.6. The first kappa shape index (κ1) is 23.7. The van der Waals surface area contributed by atoms with Crippen LogP contribution in [-0.2, 0) is 14.8 Å². The van der Waals surface area contributed by atoms with Crippen LogP contribution in [-0.4, -0.2) is 44.1 Å². The minimum atomic E-state index is -3.56. The lowest BCUT2D eigenvalue weighted by atomic mass is 10.1. The molecule has 1 unspecified atom stereocenters. The predicted molar refractivity (Wildman–Crippen MR) is 117 cm³/mol. The van der Waals surface area contributed by atoms with Gasteiger partial charge < -0.3 is 9.64 Å². The summed E-state index contributed by atoms with van der Waals surface area (Å²) in [6, 6.07) is 12.0. The van der Waals surface area contributed by atoms with E-state index in [4.69, 9.17) is 4.74 Å². The molecule has 2 N–H and O–H groups in total. The number of ether oxygens (including phenoxy) is 1. The molecule has 3 rings (SSSR count). The number of sulfonamides is 1. The third kappa shape index (κ3) is 6.76. The summed E-state index contributed by atoms with van der Waals surface area (Å²) in [4.78, 5) is 24.0. The van der Waals surface area contributed by atoms with E-state index in [9.17, 15) is 22.4 Å². The van der Waals surface area contributed by atoms with E-state index in [1.165, 1.54) is 23.1 Å². The van der Waals surface area contributed by atoms with Crippen molar-refractivity contribution in [1.29, 1.82) is 0 Å². The highest BCUT2D eigenvalue weighted by Crippen LogP contribution is 2.27. The van der Waals surface area contributed by atoms with Gasteiger partial charge in [0.2, 0.25) is 15.9 Å². The molecule has 0 aromatic heterocycles. The Bertz CT molecular complexity index is 1060. The maximum atomic E-state index is 14.1. The van der Waals surface area contributed by atoms with Crippen molar-refractivity contribution in [3.05, 3.63) is 59.9 Å². The monoisotopic (exact) mass is 463 g/mol. The number of benzene rings is 2. The van der Waals surface area contributed by atoms with E-state index in [2.05, 4.69) is 10.0 Å². The topological polar surface area (TPSA) is 105 Å². The number of nitrogens with zero attached hydrogens (tertiary/aromatic N) is 1. The van der Waals surface area contributed by atoms with Crippen LogP contribution in [0, 0.1) is 5.82 Å². The molecule has 1 atom stereocenters. The van der Waals surface area contributed by atoms with E-state index in [1.807, 2.05) is 6.07 Å². The Labute approximate surface area is 186 Å². The highest BCUT2D eigenvalue weighted by molar-refractivity contribution is 7.89. The van der Waals surface area contributed by atoms with Crippen LogP contribution in [0.1, 0.15) is 37.8 Å². The van der Waals surface area contributed by atoms with E-state index in [-0.39, 0.29) is 24.0 Å². The number of unbranched alkanes of at least 4 members (excludes halogenated alkanes) is 2. The minimum Gasteiger partial charge on any atom is -0.454 e. The highest BCUT2D eigenvalue weighted by atomic mass is 32.2. The molecule has 1 saturated heterocycles. The number of imide groups is 1. The Morgan fingerprint density at radius 2 is 1.88 bits per heavy atom. The number of carbonyl (C=O) groups is 2. The Morgan fingerprint density at radius 3 is 2.56 bits per heavy atom. The van der Waals surface area contributed by atoms with Crippen LogP contribution in [0.3, 0.4) is 0 Å². The zero-order chi connectivity index (χ0) is 23.1. The summed E-state index contributed by atoms with van der Waals surface area (Å²) in [5.41, 5.74) is 0.575. The molecule has 2 aromatic rings. The van der Waals surface area contributed by atoms with E-state index in [0.29, 0.717) is 37.1 Å². The summed E-state index contributed by atoms with van der Waals surface area (Å²) in [5.74, 6) is -0.441. The zero-order valence-corrected chi connectivity index (χ0v) is 18.5. The Morgan fingerprint density at radius 1 is 1.12 bits per heavy atom. The van der Waals surface area contributed by atoms with Crippen LogP contribution in [0.5, 0.6) is 11.5 Å². The number of rotatable bonds is 11. The number of nitrogens with one attached hydrogen (secondary N) is 2. The van der Waals surface area contributed by atoms with Crippen molar-refractivity contribution in [1.82, 2.24) is 14.9 Å². The molecule has 0 aliphatic carbocycles. The summed E-state index contributed by atoms with van der Waals surface area (Å²) < 4.78 is 47.2. The Hall–Kier alpha value is -2.98. The normalized spacial score (nSPS) is 15.0. The Balaban J connectivity index is 1.48. The van der Waals surface area contributed by atoms with Gasteiger partial charge in [0.25, 0.3) is 0 Å². The van der Waals surface area contributed by atoms with Gasteiger partial charge in [-0.25, -0.2) is 22.3 Å². The lowest BCUT2D eigenvalue weighted by Crippen LogP contribution is -2.30. The van der Waals surface area contributed by atoms with Crippen molar-refractivity contribution in [2.45, 2.75) is 32.2 Å². The molecular weight excluding hydrogens is 437 g/mol. The maximum absolute atomic E-state index is 14.1. The first-order chi connectivity index (χ1) is 15.2. The van der Waals surface area contributed by atoms with Crippen molar-refractivity contribution in [3.63, 3.8) is 0 Å². The van der Waals surface area contributed by atoms with Gasteiger partial charge in [-0.05, 0) is 49.6 Å². The number of para-hydroxylation sites is 1. The molecule has 32 heavy (non-hydrogen) atoms. The maximum Gasteiger partial charge on any atom is 0.324 e. The van der Waals surface area contributed by atoms with E-state index >= 15 is 0 Å². The molecule has 8 nitrogen and oxygen atoms in total. The highest BCUT2D eigenvalue weighted by Gasteiger charge is 2.25. The van der Waals surface area contributed by atoms with Crippen LogP contribution >= 0.6 is 0 Å². The van der Waals surface area contributed by atoms with Gasteiger partial charge in [0.15, 0.2) is 11.6 Å². The fourth-order valence-electron chi connectivity index (χ4n) is 3.31. The summed E-state index contributed by atoms with van der Waals surface area (Å²) in [7, 11) is -3.56. The minimum absolute atomic E-state index is 0.0178. The van der Waals surface area contributed by atoms with Gasteiger partial charge in [-0.15, -0.1) is 0 Å². The average Bonchev–Trinajstić information content (AvgIpc) is 3.06. The Kier molecular flexibility index (Phi) is 7.81. The molecule has 0 spiro atoms. The molecule has 1 heterocycles. The second-order valence-electron chi connectivity index (χ2n) is 7.60. The van der Waals surface area contributed by atoms with Crippen LogP contribution in [0.25, 0.3) is 0 Å². The summed E-state index contributed by atoms with van der Waals surface area (Å²) in [6.07, 6.45) is 1.61. The molecule has 0 radical (unpaired) electrons. The van der Waals surface area contributed by atoms with Crippen LogP contribution in [0.4, 0.5) is 9.18 Å². The fourth-order valence-corrected chi connectivity index (χ4v) is 4.69. The van der Waals surface area contributed by atoms with Crippen molar-refractivity contribution >= 4 is 22.0 Å². The predicted octanol–water partition coefficient (Wildman–Crippen LogP) is 3.32. The number of hydrogen-bond acceptors (Lipinski definition) is 5. The third-order valence-electron chi connectivity index (χ3n) is 4.99. The summed E-state index contributed by atoms with van der Waals surface area (Å²) >= 11 is 0. The second-order valence-corrected chi connectivity index (χ2v) is 9.47. The van der Waals surface area contributed by atoms with Crippen molar-refractivity contribution in [2.24, 2.45) is 0 Å². The summed E-state index contributed by atoms with van der Waals surface area (Å²) in [6.45, 7) is 2.13. The van der Waals surface area contributed by atoms with Crippen LogP contribution in [0.2, 0.25) is 0 Å². The summed E-state index contributed by atoms with van der Waals surface area (Å²) in [5, 5.41) is 2.20. The number of carbonyl (C=O) groups excluding carboxylic acids is 2. The van der Waals surface area contributed by atoms with Crippen LogP contribution in [0.15, 0.2) is 48.5 Å². The molecule has 172 valence electrons. The van der Waals surface area contributed by atoms with Gasteiger partial charge in [-0.3, -0.25) is 10.1 Å². The molecule has 1 aliphatic rings. The number of urea groups is 1. The SMILES string of the molecule is CC(NS(=O)(=O)CCCCCN1CC(=O)NC1=O)c1ccc(F)c(Oc2ccccc2)c1. The lowest BCUT2D eigenvalue weighted by Gasteiger charge is -2.16. The molecule has 1 aliphatic heterocycles. The lowest BCUT2D eigenvalue weighted by molar-refractivity contribution is -0.118. The first-order valence-corrected chi connectivity index (χ1v) is 12.0. The molecule has 3 amide bonds. The molecule has 2 aromatic carbocycles. The van der Waals surface area contributed by atoms with Gasteiger partial charge in [0, 0.05) is 12.6 Å². The van der Waals surface area contributed by atoms with Gasteiger partial charge in [-0.2, -0.15) is 0 Å². The third-order valence-corrected chi connectivity index (χ3v) is 6.53. The smallest absolute Gasteiger partial charge is 0.324 e. The van der Waals surface area contributed by atoms with Gasteiger partial charge in [0.1, 0.15) is 12.3 Å². The zero-order valence-electron chi connectivity index (χ0n) is 17.7. The number of halogens is 1. The van der Waals surface area contributed by atoms with Crippen molar-refractivity contribution in [3.8, 4) is 11.5 Å². The van der Waals surface area contributed by atoms with E-state index in [0.717, 1.165) is 0 Å². The van der Waals surface area contributed by atoms with Crippen molar-refractivity contribution < 1.29 is 27.1 Å². The number of hydrogen-bond donors (Lipinski definition) is 2. The standard InChI is InChI=1S/C22H26FN3O5S/c1-16(17-10-11-19(23)20(14-17)31-18-8-4-2-5-9-18)25-32(29,30)13-7-3-6-12-26-15-21(27)24-22(26)28/h2,4-5,8-11,14,16,25H,3,6-7,12-13,15H2,1H3,(H,24,27,28). The van der Waals surface area contributed by atoms with Crippen LogP contribution < -0.4 is 14.8 Å².